The molecule has 2 heteroatoms. The first-order chi connectivity index (χ1) is 8.29. The number of allylic oxidation sites excluding steroid dienone is 1. The maximum absolute atomic E-state index is 4.11. The minimum Gasteiger partial charge on any atom is -0.302 e. The van der Waals surface area contributed by atoms with Gasteiger partial charge in [-0.15, -0.1) is 0 Å². The van der Waals surface area contributed by atoms with Gasteiger partial charge in [0.05, 0.1) is 0 Å². The van der Waals surface area contributed by atoms with Crippen molar-refractivity contribution >= 4 is 0 Å². The van der Waals surface area contributed by atoms with E-state index >= 15 is 0 Å². The van der Waals surface area contributed by atoms with Gasteiger partial charge >= 0.3 is 0 Å². The second kappa shape index (κ2) is 5.97. The van der Waals surface area contributed by atoms with Crippen LogP contribution in [0.4, 0.5) is 0 Å². The summed E-state index contributed by atoms with van der Waals surface area (Å²) in [7, 11) is 4.34. The third-order valence-corrected chi connectivity index (χ3v) is 3.55. The first-order valence-electron chi connectivity index (χ1n) is 6.52. The van der Waals surface area contributed by atoms with E-state index in [0.29, 0.717) is 12.0 Å². The normalized spacial score (nSPS) is 22.4. The van der Waals surface area contributed by atoms with Crippen LogP contribution < -0.4 is 0 Å². The van der Waals surface area contributed by atoms with Gasteiger partial charge in [-0.2, -0.15) is 0 Å². The molecule has 1 aromatic rings. The molecule has 0 bridgehead atoms. The Bertz CT molecular complexity index is 356. The van der Waals surface area contributed by atoms with Crippen molar-refractivity contribution in [2.75, 3.05) is 14.1 Å². The number of rotatable bonds is 3. The highest BCUT2D eigenvalue weighted by Crippen LogP contribution is 2.32. The van der Waals surface area contributed by atoms with Crippen molar-refractivity contribution in [2.45, 2.75) is 31.7 Å². The molecule has 2 nitrogen and oxygen atoms in total. The quantitative estimate of drug-likeness (QED) is 0.740. The Kier molecular flexibility index (Phi) is 4.32. The Balaban J connectivity index is 2.22. The molecule has 0 aromatic carbocycles. The highest BCUT2D eigenvalue weighted by Gasteiger charge is 2.23. The first kappa shape index (κ1) is 12.3. The largest absolute Gasteiger partial charge is 0.302 e. The molecule has 0 spiro atoms. The van der Waals surface area contributed by atoms with Crippen molar-refractivity contribution in [1.29, 1.82) is 0 Å². The zero-order chi connectivity index (χ0) is 12.1. The molecule has 0 saturated heterocycles. The average molecular weight is 230 g/mol. The van der Waals surface area contributed by atoms with E-state index in [0.717, 1.165) is 0 Å². The van der Waals surface area contributed by atoms with Gasteiger partial charge in [-0.25, -0.2) is 0 Å². The van der Waals surface area contributed by atoms with Crippen LogP contribution in [0.15, 0.2) is 36.7 Å². The zero-order valence-electron chi connectivity index (χ0n) is 10.8. The maximum atomic E-state index is 4.11. The molecule has 0 fully saturated rings. The summed E-state index contributed by atoms with van der Waals surface area (Å²) in [5, 5.41) is 0. The molecule has 1 heterocycles. The van der Waals surface area contributed by atoms with E-state index in [9.17, 15) is 0 Å². The van der Waals surface area contributed by atoms with Crippen molar-refractivity contribution in [1.82, 2.24) is 9.88 Å². The second-order valence-electron chi connectivity index (χ2n) is 5.07. The molecule has 2 rings (SSSR count). The van der Waals surface area contributed by atoms with E-state index in [2.05, 4.69) is 48.3 Å². The van der Waals surface area contributed by atoms with E-state index in [1.807, 2.05) is 12.4 Å². The fraction of sp³-hybridized carbons (Fsp3) is 0.533. The summed E-state index contributed by atoms with van der Waals surface area (Å²) < 4.78 is 0. The molecule has 0 amide bonds. The van der Waals surface area contributed by atoms with E-state index in [4.69, 9.17) is 0 Å². The van der Waals surface area contributed by atoms with Crippen LogP contribution in [0.2, 0.25) is 0 Å². The molecule has 2 unspecified atom stereocenters. The number of pyridine rings is 1. The SMILES string of the molecule is CN(C)C(c1ccncc1)C1C=CCCCC1. The van der Waals surface area contributed by atoms with Crippen LogP contribution >= 0.6 is 0 Å². The number of hydrogen-bond donors (Lipinski definition) is 0. The molecule has 0 N–H and O–H groups in total. The molecule has 1 aliphatic carbocycles. The minimum absolute atomic E-state index is 0.479. The predicted molar refractivity (Wildman–Crippen MR) is 71.8 cm³/mol. The van der Waals surface area contributed by atoms with Crippen LogP contribution in [0.25, 0.3) is 0 Å². The van der Waals surface area contributed by atoms with E-state index in [-0.39, 0.29) is 0 Å². The van der Waals surface area contributed by atoms with Gasteiger partial charge in [-0.05, 0) is 57.0 Å². The highest BCUT2D eigenvalue weighted by atomic mass is 15.1. The van der Waals surface area contributed by atoms with Crippen LogP contribution in [-0.2, 0) is 0 Å². The third kappa shape index (κ3) is 3.16. The molecular weight excluding hydrogens is 208 g/mol. The van der Waals surface area contributed by atoms with Gasteiger partial charge in [0.1, 0.15) is 0 Å². The second-order valence-corrected chi connectivity index (χ2v) is 5.07. The lowest BCUT2D eigenvalue weighted by Gasteiger charge is -2.30. The molecule has 1 aromatic heterocycles. The molecule has 0 aliphatic heterocycles. The molecule has 0 radical (unpaired) electrons. The van der Waals surface area contributed by atoms with Gasteiger partial charge in [0.25, 0.3) is 0 Å². The maximum Gasteiger partial charge on any atom is 0.0405 e. The van der Waals surface area contributed by atoms with Crippen LogP contribution in [0.1, 0.15) is 37.3 Å². The molecule has 17 heavy (non-hydrogen) atoms. The molecule has 92 valence electrons. The summed E-state index contributed by atoms with van der Waals surface area (Å²) in [6.45, 7) is 0. The summed E-state index contributed by atoms with van der Waals surface area (Å²) in [4.78, 5) is 6.44. The van der Waals surface area contributed by atoms with Crippen molar-refractivity contribution in [2.24, 2.45) is 5.92 Å². The Hall–Kier alpha value is -1.15. The Morgan fingerprint density at radius 2 is 2.00 bits per heavy atom. The highest BCUT2D eigenvalue weighted by molar-refractivity contribution is 5.18. The van der Waals surface area contributed by atoms with Crippen LogP contribution in [0, 0.1) is 5.92 Å². The predicted octanol–water partition coefficient (Wildman–Crippen LogP) is 3.43. The van der Waals surface area contributed by atoms with Crippen LogP contribution in [0.5, 0.6) is 0 Å². The van der Waals surface area contributed by atoms with Gasteiger partial charge < -0.3 is 4.90 Å². The summed E-state index contributed by atoms with van der Waals surface area (Å²) >= 11 is 0. The van der Waals surface area contributed by atoms with Crippen LogP contribution in [0.3, 0.4) is 0 Å². The fourth-order valence-electron chi connectivity index (χ4n) is 2.76. The minimum atomic E-state index is 0.479. The standard InChI is InChI=1S/C15H22N2/c1-17(2)15(14-9-11-16-12-10-14)13-7-5-3-4-6-8-13/h5,7,9-13,15H,3-4,6,8H2,1-2H3. The van der Waals surface area contributed by atoms with Gasteiger partial charge in [-0.3, -0.25) is 4.98 Å². The van der Waals surface area contributed by atoms with E-state index in [1.165, 1.54) is 31.2 Å². The average Bonchev–Trinajstić information content (AvgIpc) is 2.59. The lowest BCUT2D eigenvalue weighted by molar-refractivity contribution is 0.232. The molecule has 0 saturated carbocycles. The van der Waals surface area contributed by atoms with Gasteiger partial charge in [-0.1, -0.05) is 18.6 Å². The number of aromatic nitrogens is 1. The summed E-state index contributed by atoms with van der Waals surface area (Å²) in [6.07, 6.45) is 13.8. The molecule has 2 atom stereocenters. The monoisotopic (exact) mass is 230 g/mol. The van der Waals surface area contributed by atoms with Crippen molar-refractivity contribution in [3.63, 3.8) is 0 Å². The molecular formula is C15H22N2. The summed E-state index contributed by atoms with van der Waals surface area (Å²) in [5.74, 6) is 0.634. The van der Waals surface area contributed by atoms with Crippen LogP contribution in [-0.4, -0.2) is 24.0 Å². The summed E-state index contributed by atoms with van der Waals surface area (Å²) in [6, 6.07) is 4.76. The Morgan fingerprint density at radius 3 is 2.71 bits per heavy atom. The van der Waals surface area contributed by atoms with E-state index < -0.39 is 0 Å². The van der Waals surface area contributed by atoms with Gasteiger partial charge in [0.2, 0.25) is 0 Å². The molecule has 1 aliphatic rings. The fourth-order valence-corrected chi connectivity index (χ4v) is 2.76. The lowest BCUT2D eigenvalue weighted by Crippen LogP contribution is -2.26. The Morgan fingerprint density at radius 1 is 1.24 bits per heavy atom. The Labute approximate surface area is 104 Å². The van der Waals surface area contributed by atoms with Gasteiger partial charge in [0.15, 0.2) is 0 Å². The zero-order valence-corrected chi connectivity index (χ0v) is 10.8. The van der Waals surface area contributed by atoms with Crippen molar-refractivity contribution < 1.29 is 0 Å². The number of hydrogen-bond acceptors (Lipinski definition) is 2. The third-order valence-electron chi connectivity index (χ3n) is 3.55. The topological polar surface area (TPSA) is 16.1 Å². The number of nitrogens with zero attached hydrogens (tertiary/aromatic N) is 2. The van der Waals surface area contributed by atoms with Crippen molar-refractivity contribution in [3.05, 3.63) is 42.2 Å². The van der Waals surface area contributed by atoms with Crippen molar-refractivity contribution in [3.8, 4) is 0 Å². The smallest absolute Gasteiger partial charge is 0.0405 e. The summed E-state index contributed by atoms with van der Waals surface area (Å²) in [5.41, 5.74) is 1.38. The van der Waals surface area contributed by atoms with E-state index in [1.54, 1.807) is 0 Å². The first-order valence-corrected chi connectivity index (χ1v) is 6.52. The van der Waals surface area contributed by atoms with Gasteiger partial charge in [0, 0.05) is 18.4 Å². The lowest BCUT2D eigenvalue weighted by atomic mass is 9.89.